The summed E-state index contributed by atoms with van der Waals surface area (Å²) in [6, 6.07) is 19.0. The maximum absolute atomic E-state index is 14.0. The second kappa shape index (κ2) is 9.19. The van der Waals surface area contributed by atoms with Crippen molar-refractivity contribution in [1.82, 2.24) is 15.0 Å². The first-order valence-corrected chi connectivity index (χ1v) is 10.6. The van der Waals surface area contributed by atoms with Crippen LogP contribution in [0.4, 0.5) is 13.2 Å². The molecule has 4 nitrogen and oxygen atoms in total. The first kappa shape index (κ1) is 22.7. The normalized spacial score (nSPS) is 11.8. The highest BCUT2D eigenvalue weighted by atomic mass is 19.4. The highest BCUT2D eigenvalue weighted by Crippen LogP contribution is 2.40. The molecule has 0 N–H and O–H groups in total. The van der Waals surface area contributed by atoms with E-state index in [2.05, 4.69) is 15.0 Å². The van der Waals surface area contributed by atoms with Gasteiger partial charge in [-0.25, -0.2) is 0 Å². The fourth-order valence-electron chi connectivity index (χ4n) is 3.82. The van der Waals surface area contributed by atoms with Crippen LogP contribution in [0.2, 0.25) is 0 Å². The minimum atomic E-state index is -4.53. The summed E-state index contributed by atoms with van der Waals surface area (Å²) in [5.41, 5.74) is 2.93. The van der Waals surface area contributed by atoms with Crippen molar-refractivity contribution in [1.29, 1.82) is 0 Å². The molecule has 0 radical (unpaired) electrons. The van der Waals surface area contributed by atoms with Crippen LogP contribution in [0.15, 0.2) is 71.3 Å². The van der Waals surface area contributed by atoms with Crippen molar-refractivity contribution in [2.75, 3.05) is 14.1 Å². The molecule has 0 aliphatic carbocycles. The van der Waals surface area contributed by atoms with Crippen LogP contribution in [0.25, 0.3) is 34.0 Å². The van der Waals surface area contributed by atoms with Crippen LogP contribution in [0.5, 0.6) is 0 Å². The van der Waals surface area contributed by atoms with Crippen molar-refractivity contribution in [3.8, 4) is 34.0 Å². The van der Waals surface area contributed by atoms with Gasteiger partial charge in [-0.05, 0) is 54.9 Å². The Morgan fingerprint density at radius 2 is 1.58 bits per heavy atom. The Morgan fingerprint density at radius 3 is 2.24 bits per heavy atom. The van der Waals surface area contributed by atoms with E-state index >= 15 is 0 Å². The van der Waals surface area contributed by atoms with Gasteiger partial charge in [0.2, 0.25) is 5.82 Å². The summed E-state index contributed by atoms with van der Waals surface area (Å²) in [6.07, 6.45) is -3.90. The molecule has 7 heteroatoms. The lowest BCUT2D eigenvalue weighted by Crippen LogP contribution is -2.10. The van der Waals surface area contributed by atoms with Gasteiger partial charge in [-0.3, -0.25) is 0 Å². The molecule has 33 heavy (non-hydrogen) atoms. The van der Waals surface area contributed by atoms with Gasteiger partial charge in [0.05, 0.1) is 5.56 Å². The van der Waals surface area contributed by atoms with E-state index in [1.54, 1.807) is 18.2 Å². The van der Waals surface area contributed by atoms with E-state index in [0.717, 1.165) is 29.3 Å². The summed E-state index contributed by atoms with van der Waals surface area (Å²) in [5.74, 6) is 0.374. The van der Waals surface area contributed by atoms with E-state index in [4.69, 9.17) is 4.52 Å². The number of rotatable bonds is 6. The third-order valence-electron chi connectivity index (χ3n) is 5.40. The van der Waals surface area contributed by atoms with Crippen LogP contribution in [0.3, 0.4) is 0 Å². The molecule has 0 spiro atoms. The second-order valence-corrected chi connectivity index (χ2v) is 8.13. The first-order chi connectivity index (χ1) is 15.8. The van der Waals surface area contributed by atoms with Crippen molar-refractivity contribution >= 4 is 0 Å². The summed E-state index contributed by atoms with van der Waals surface area (Å²) in [4.78, 5) is 6.40. The van der Waals surface area contributed by atoms with Gasteiger partial charge >= 0.3 is 6.18 Å². The molecule has 3 aromatic carbocycles. The Balaban J connectivity index is 1.70. The fraction of sp³-hybridized carbons (Fsp3) is 0.231. The molecule has 0 fully saturated rings. The molecular formula is C26H24F3N3O. The summed E-state index contributed by atoms with van der Waals surface area (Å²) in [5, 5.41) is 3.98. The number of alkyl halides is 3. The molecule has 0 bridgehead atoms. The summed E-state index contributed by atoms with van der Waals surface area (Å²) >= 11 is 0. The van der Waals surface area contributed by atoms with Crippen molar-refractivity contribution in [2.45, 2.75) is 26.1 Å². The number of aromatic nitrogens is 2. The van der Waals surface area contributed by atoms with Gasteiger partial charge in [0, 0.05) is 17.7 Å². The van der Waals surface area contributed by atoms with E-state index in [1.165, 1.54) is 6.07 Å². The zero-order valence-electron chi connectivity index (χ0n) is 18.6. The molecular weight excluding hydrogens is 427 g/mol. The Hall–Kier alpha value is -3.45. The lowest BCUT2D eigenvalue weighted by atomic mass is 9.92. The molecule has 0 saturated carbocycles. The number of aryl methyl sites for hydroxylation is 1. The Kier molecular flexibility index (Phi) is 6.33. The number of benzene rings is 3. The van der Waals surface area contributed by atoms with E-state index in [9.17, 15) is 13.2 Å². The first-order valence-electron chi connectivity index (χ1n) is 10.6. The molecule has 0 amide bonds. The molecule has 4 aromatic rings. The predicted molar refractivity (Wildman–Crippen MR) is 122 cm³/mol. The lowest BCUT2D eigenvalue weighted by molar-refractivity contribution is -0.137. The van der Waals surface area contributed by atoms with Gasteiger partial charge in [-0.2, -0.15) is 18.2 Å². The summed E-state index contributed by atoms with van der Waals surface area (Å²) in [7, 11) is 3.97. The van der Waals surface area contributed by atoms with Gasteiger partial charge < -0.3 is 9.42 Å². The van der Waals surface area contributed by atoms with Crippen molar-refractivity contribution in [3.05, 3.63) is 83.4 Å². The summed E-state index contributed by atoms with van der Waals surface area (Å²) in [6.45, 7) is 2.72. The van der Waals surface area contributed by atoms with Crippen LogP contribution in [-0.4, -0.2) is 29.1 Å². The maximum atomic E-state index is 14.0. The molecule has 0 aliphatic rings. The highest BCUT2D eigenvalue weighted by Gasteiger charge is 2.35. The zero-order chi connectivity index (χ0) is 23.6. The fourth-order valence-corrected chi connectivity index (χ4v) is 3.82. The standard InChI is InChI=1S/C26H24F3N3O/c1-4-18-7-5-6-8-21(18)22-14-13-20(15-23(22)26(27,28)29)25-30-24(31-33-25)19-11-9-17(10-12-19)16-32(2)3/h5-15H,4,16H2,1-3H3. The minimum absolute atomic E-state index is 0.0446. The largest absolute Gasteiger partial charge is 0.417 e. The third-order valence-corrected chi connectivity index (χ3v) is 5.40. The van der Waals surface area contributed by atoms with Crippen molar-refractivity contribution in [2.24, 2.45) is 0 Å². The SMILES string of the molecule is CCc1ccccc1-c1ccc(-c2nc(-c3ccc(CN(C)C)cc3)no2)cc1C(F)(F)F. The topological polar surface area (TPSA) is 42.2 Å². The van der Waals surface area contributed by atoms with E-state index in [1.807, 2.05) is 57.4 Å². The molecule has 0 atom stereocenters. The molecule has 1 aromatic heterocycles. The average Bonchev–Trinajstić information content (AvgIpc) is 3.28. The zero-order valence-corrected chi connectivity index (χ0v) is 18.6. The Morgan fingerprint density at radius 1 is 0.879 bits per heavy atom. The number of nitrogens with zero attached hydrogens (tertiary/aromatic N) is 3. The second-order valence-electron chi connectivity index (χ2n) is 8.13. The third kappa shape index (κ3) is 4.98. The highest BCUT2D eigenvalue weighted by molar-refractivity contribution is 5.75. The predicted octanol–water partition coefficient (Wildman–Crippen LogP) is 6.71. The smallest absolute Gasteiger partial charge is 0.334 e. The van der Waals surface area contributed by atoms with E-state index in [0.29, 0.717) is 17.8 Å². The lowest BCUT2D eigenvalue weighted by Gasteiger charge is -2.16. The van der Waals surface area contributed by atoms with Gasteiger partial charge in [0.15, 0.2) is 0 Å². The van der Waals surface area contributed by atoms with Gasteiger partial charge in [-0.1, -0.05) is 66.7 Å². The molecule has 4 rings (SSSR count). The van der Waals surface area contributed by atoms with Crippen molar-refractivity contribution in [3.63, 3.8) is 0 Å². The van der Waals surface area contributed by atoms with Gasteiger partial charge in [0.25, 0.3) is 5.89 Å². The van der Waals surface area contributed by atoms with E-state index in [-0.39, 0.29) is 17.0 Å². The van der Waals surface area contributed by atoms with Crippen LogP contribution in [0, 0.1) is 0 Å². The molecule has 0 unspecified atom stereocenters. The quantitative estimate of drug-likeness (QED) is 0.327. The number of hydrogen-bond donors (Lipinski definition) is 0. The Bertz CT molecular complexity index is 1240. The molecule has 0 aliphatic heterocycles. The Labute approximate surface area is 190 Å². The minimum Gasteiger partial charge on any atom is -0.334 e. The number of hydrogen-bond acceptors (Lipinski definition) is 4. The van der Waals surface area contributed by atoms with Crippen LogP contribution < -0.4 is 0 Å². The van der Waals surface area contributed by atoms with Gasteiger partial charge in [0.1, 0.15) is 0 Å². The average molecular weight is 451 g/mol. The summed E-state index contributed by atoms with van der Waals surface area (Å²) < 4.78 is 47.3. The molecule has 1 heterocycles. The maximum Gasteiger partial charge on any atom is 0.417 e. The number of halogens is 3. The van der Waals surface area contributed by atoms with E-state index < -0.39 is 11.7 Å². The van der Waals surface area contributed by atoms with Gasteiger partial charge in [-0.15, -0.1) is 0 Å². The van der Waals surface area contributed by atoms with Crippen molar-refractivity contribution < 1.29 is 17.7 Å². The molecule has 0 saturated heterocycles. The van der Waals surface area contributed by atoms with Crippen LogP contribution in [-0.2, 0) is 19.1 Å². The van der Waals surface area contributed by atoms with Crippen LogP contribution in [0.1, 0.15) is 23.6 Å². The molecule has 170 valence electrons. The van der Waals surface area contributed by atoms with Crippen LogP contribution >= 0.6 is 0 Å². The monoisotopic (exact) mass is 451 g/mol.